The first kappa shape index (κ1) is 21.9. The molecule has 0 bridgehead atoms. The second kappa shape index (κ2) is 11.4. The summed E-state index contributed by atoms with van der Waals surface area (Å²) in [6.45, 7) is 4.73. The van der Waals surface area contributed by atoms with E-state index in [2.05, 4.69) is 13.8 Å². The lowest BCUT2D eigenvalue weighted by molar-refractivity contribution is -0.135. The average molecular weight is 344 g/mol. The van der Waals surface area contributed by atoms with E-state index in [4.69, 9.17) is 13.3 Å². The molecule has 0 aromatic rings. The van der Waals surface area contributed by atoms with Crippen molar-refractivity contribution in [3.8, 4) is 0 Å². The molecule has 0 aliphatic heterocycles. The predicted octanol–water partition coefficient (Wildman–Crippen LogP) is 5.33. The fraction of sp³-hybridized carbons (Fsp3) is 1.00. The standard InChI is InChI=1S/C15H31F3O3Si/c1-5-14(2)22(19-3,20-4)21-13-11-9-7-6-8-10-12-15(16,17)18/h14H,5-13H2,1-4H3. The van der Waals surface area contributed by atoms with E-state index in [1.807, 2.05) is 0 Å². The second-order valence-electron chi connectivity index (χ2n) is 5.66. The molecule has 0 saturated carbocycles. The van der Waals surface area contributed by atoms with E-state index >= 15 is 0 Å². The third kappa shape index (κ3) is 9.12. The highest BCUT2D eigenvalue weighted by molar-refractivity contribution is 6.62. The third-order valence-electron chi connectivity index (χ3n) is 3.94. The van der Waals surface area contributed by atoms with Crippen molar-refractivity contribution < 1.29 is 26.4 Å². The molecular formula is C15H31F3O3Si. The molecule has 0 N–H and O–H groups in total. The van der Waals surface area contributed by atoms with Gasteiger partial charge in [0.25, 0.3) is 0 Å². The molecule has 0 aromatic heterocycles. The molecule has 0 amide bonds. The Morgan fingerprint density at radius 3 is 1.86 bits per heavy atom. The largest absolute Gasteiger partial charge is 0.503 e. The van der Waals surface area contributed by atoms with Gasteiger partial charge in [0.15, 0.2) is 0 Å². The van der Waals surface area contributed by atoms with Crippen LogP contribution in [0.25, 0.3) is 0 Å². The van der Waals surface area contributed by atoms with Gasteiger partial charge < -0.3 is 13.3 Å². The summed E-state index contributed by atoms with van der Waals surface area (Å²) in [7, 11) is 0.681. The Labute approximate surface area is 133 Å². The summed E-state index contributed by atoms with van der Waals surface area (Å²) in [6.07, 6.45) is 0.769. The summed E-state index contributed by atoms with van der Waals surface area (Å²) >= 11 is 0. The van der Waals surface area contributed by atoms with Crippen LogP contribution in [0, 0.1) is 0 Å². The molecule has 0 aliphatic rings. The minimum absolute atomic E-state index is 0.234. The first-order chi connectivity index (χ1) is 10.3. The molecule has 7 heteroatoms. The second-order valence-corrected chi connectivity index (χ2v) is 8.95. The Bertz CT molecular complexity index is 271. The number of halogens is 3. The maximum absolute atomic E-state index is 12.0. The fourth-order valence-corrected chi connectivity index (χ4v) is 4.77. The number of rotatable bonds is 13. The van der Waals surface area contributed by atoms with Crippen LogP contribution in [0.4, 0.5) is 13.2 Å². The normalized spacial score (nSPS) is 14.3. The van der Waals surface area contributed by atoms with E-state index in [0.29, 0.717) is 13.0 Å². The van der Waals surface area contributed by atoms with E-state index in [0.717, 1.165) is 32.1 Å². The topological polar surface area (TPSA) is 27.7 Å². The van der Waals surface area contributed by atoms with Crippen LogP contribution >= 0.6 is 0 Å². The van der Waals surface area contributed by atoms with Crippen LogP contribution in [0.3, 0.4) is 0 Å². The van der Waals surface area contributed by atoms with Crippen LogP contribution < -0.4 is 0 Å². The van der Waals surface area contributed by atoms with Crippen molar-refractivity contribution in [2.45, 2.75) is 76.9 Å². The highest BCUT2D eigenvalue weighted by Gasteiger charge is 2.44. The summed E-state index contributed by atoms with van der Waals surface area (Å²) in [6, 6.07) is 0. The van der Waals surface area contributed by atoms with Gasteiger partial charge in [-0.15, -0.1) is 0 Å². The number of unbranched alkanes of at least 4 members (excludes halogenated alkanes) is 5. The van der Waals surface area contributed by atoms with Crippen molar-refractivity contribution >= 4 is 8.80 Å². The molecule has 0 saturated heterocycles. The van der Waals surface area contributed by atoms with Crippen molar-refractivity contribution in [3.63, 3.8) is 0 Å². The Kier molecular flexibility index (Phi) is 11.4. The minimum atomic E-state index is -4.02. The van der Waals surface area contributed by atoms with Crippen LogP contribution in [0.1, 0.15) is 65.2 Å². The van der Waals surface area contributed by atoms with Crippen LogP contribution in [0.2, 0.25) is 5.54 Å². The average Bonchev–Trinajstić information content (AvgIpc) is 2.48. The van der Waals surface area contributed by atoms with Crippen LogP contribution in [-0.2, 0) is 13.3 Å². The fourth-order valence-electron chi connectivity index (χ4n) is 2.34. The third-order valence-corrected chi connectivity index (χ3v) is 7.30. The number of hydrogen-bond acceptors (Lipinski definition) is 3. The molecule has 1 atom stereocenters. The number of hydrogen-bond donors (Lipinski definition) is 0. The molecule has 0 fully saturated rings. The lowest BCUT2D eigenvalue weighted by Crippen LogP contribution is -2.47. The van der Waals surface area contributed by atoms with Gasteiger partial charge in [-0.1, -0.05) is 39.5 Å². The summed E-state index contributed by atoms with van der Waals surface area (Å²) in [5, 5.41) is 0. The van der Waals surface area contributed by atoms with Gasteiger partial charge in [-0.25, -0.2) is 0 Å². The quantitative estimate of drug-likeness (QED) is 0.334. The summed E-state index contributed by atoms with van der Waals surface area (Å²) in [5.41, 5.74) is 0.255. The molecular weight excluding hydrogens is 313 g/mol. The van der Waals surface area contributed by atoms with Crippen molar-refractivity contribution in [2.75, 3.05) is 20.8 Å². The monoisotopic (exact) mass is 344 g/mol. The van der Waals surface area contributed by atoms with Gasteiger partial charge in [0.1, 0.15) is 0 Å². The zero-order chi connectivity index (χ0) is 17.1. The summed E-state index contributed by atoms with van der Waals surface area (Å²) in [5.74, 6) is 0. The van der Waals surface area contributed by atoms with Gasteiger partial charge in [-0.05, 0) is 19.3 Å². The SMILES string of the molecule is CCC(C)[Si](OC)(OC)OCCCCCCCCC(F)(F)F. The van der Waals surface area contributed by atoms with Crippen LogP contribution in [0.15, 0.2) is 0 Å². The van der Waals surface area contributed by atoms with Crippen molar-refractivity contribution in [1.29, 1.82) is 0 Å². The van der Waals surface area contributed by atoms with Crippen molar-refractivity contribution in [1.82, 2.24) is 0 Å². The maximum Gasteiger partial charge on any atom is 0.503 e. The van der Waals surface area contributed by atoms with E-state index in [-0.39, 0.29) is 12.0 Å². The maximum atomic E-state index is 12.0. The Balaban J connectivity index is 3.71. The zero-order valence-electron chi connectivity index (χ0n) is 14.3. The van der Waals surface area contributed by atoms with Gasteiger partial charge in [0.2, 0.25) is 0 Å². The van der Waals surface area contributed by atoms with Gasteiger partial charge in [-0.2, -0.15) is 13.2 Å². The molecule has 0 rings (SSSR count). The van der Waals surface area contributed by atoms with E-state index in [1.165, 1.54) is 0 Å². The van der Waals surface area contributed by atoms with Crippen LogP contribution in [-0.4, -0.2) is 35.8 Å². The molecule has 1 unspecified atom stereocenters. The zero-order valence-corrected chi connectivity index (χ0v) is 15.3. The van der Waals surface area contributed by atoms with Gasteiger partial charge >= 0.3 is 15.0 Å². The molecule has 0 radical (unpaired) electrons. The molecule has 0 aliphatic carbocycles. The summed E-state index contributed by atoms with van der Waals surface area (Å²) < 4.78 is 52.8. The first-order valence-electron chi connectivity index (χ1n) is 8.12. The Hall–Kier alpha value is -0.113. The predicted molar refractivity (Wildman–Crippen MR) is 83.8 cm³/mol. The smallest absolute Gasteiger partial charge is 0.377 e. The van der Waals surface area contributed by atoms with E-state index in [9.17, 15) is 13.2 Å². The lowest BCUT2D eigenvalue weighted by atomic mass is 10.1. The van der Waals surface area contributed by atoms with Crippen LogP contribution in [0.5, 0.6) is 0 Å². The molecule has 3 nitrogen and oxygen atoms in total. The van der Waals surface area contributed by atoms with Gasteiger partial charge in [0, 0.05) is 32.8 Å². The lowest BCUT2D eigenvalue weighted by Gasteiger charge is -2.31. The molecule has 0 spiro atoms. The van der Waals surface area contributed by atoms with Gasteiger partial charge in [-0.3, -0.25) is 0 Å². The van der Waals surface area contributed by atoms with Crippen molar-refractivity contribution in [3.05, 3.63) is 0 Å². The van der Waals surface area contributed by atoms with Crippen molar-refractivity contribution in [2.24, 2.45) is 0 Å². The molecule has 0 aromatic carbocycles. The number of alkyl halides is 3. The Morgan fingerprint density at radius 1 is 0.909 bits per heavy atom. The molecule has 0 heterocycles. The Morgan fingerprint density at radius 2 is 1.41 bits per heavy atom. The summed E-state index contributed by atoms with van der Waals surface area (Å²) in [4.78, 5) is 0. The van der Waals surface area contributed by atoms with E-state index < -0.39 is 21.4 Å². The van der Waals surface area contributed by atoms with E-state index in [1.54, 1.807) is 14.2 Å². The van der Waals surface area contributed by atoms with Gasteiger partial charge in [0.05, 0.1) is 0 Å². The molecule has 22 heavy (non-hydrogen) atoms. The highest BCUT2D eigenvalue weighted by Crippen LogP contribution is 2.27. The first-order valence-corrected chi connectivity index (χ1v) is 9.92. The molecule has 134 valence electrons. The highest BCUT2D eigenvalue weighted by atomic mass is 28.4. The minimum Gasteiger partial charge on any atom is -0.377 e.